The fourth-order valence-corrected chi connectivity index (χ4v) is 5.63. The predicted molar refractivity (Wildman–Crippen MR) is 150 cm³/mol. The molecule has 3 aromatic rings. The third-order valence-electron chi connectivity index (χ3n) is 7.49. The number of nitrogens with zero attached hydrogens (tertiary/aromatic N) is 7. The second kappa shape index (κ2) is 10.9. The molecular weight excluding hydrogens is 552 g/mol. The van der Waals surface area contributed by atoms with Gasteiger partial charge in [0, 0.05) is 60.1 Å². The van der Waals surface area contributed by atoms with Crippen molar-refractivity contribution in [3.8, 4) is 17.1 Å². The lowest BCUT2D eigenvalue weighted by molar-refractivity contribution is -0.0545. The first-order chi connectivity index (χ1) is 18.3. The topological polar surface area (TPSA) is 63.0 Å². The van der Waals surface area contributed by atoms with E-state index in [4.69, 9.17) is 0 Å². The van der Waals surface area contributed by atoms with Gasteiger partial charge in [-0.1, -0.05) is 33.3 Å². The smallest absolute Gasteiger partial charge is 0.257 e. The summed E-state index contributed by atoms with van der Waals surface area (Å²) in [6.45, 7) is 11.6. The molecule has 2 saturated heterocycles. The molecule has 0 aliphatic carbocycles. The summed E-state index contributed by atoms with van der Waals surface area (Å²) in [6, 6.07) is 8.02. The van der Waals surface area contributed by atoms with Crippen LogP contribution in [0.5, 0.6) is 0 Å². The molecule has 0 spiro atoms. The molecule has 1 unspecified atom stereocenters. The van der Waals surface area contributed by atoms with Crippen LogP contribution in [0.2, 0.25) is 0 Å². The maximum absolute atomic E-state index is 14.2. The Morgan fingerprint density at radius 2 is 1.89 bits per heavy atom. The number of aryl methyl sites for hydroxylation is 1. The van der Waals surface area contributed by atoms with E-state index >= 15 is 0 Å². The Bertz CT molecular complexity index is 1320. The zero-order valence-electron chi connectivity index (χ0n) is 21.5. The van der Waals surface area contributed by atoms with Gasteiger partial charge < -0.3 is 9.80 Å². The standard InChI is InChI=1S/C28H32BrF2N7/c1-4-6-20-9-12-36(13-10-20)25-16-22(29)7-8-23(25)24-18-38(35-34-24)26-15-19(3)32-27(33-26)37-14-11-28(30,31)21(5-2)17-37/h4-5,7-8,15-16,18,20-21H,1-2,6,9-14,17H2,3H3. The number of halogens is 3. The average Bonchev–Trinajstić information content (AvgIpc) is 3.39. The minimum atomic E-state index is -2.77. The molecule has 1 atom stereocenters. The van der Waals surface area contributed by atoms with Crippen molar-refractivity contribution in [3.05, 3.63) is 65.9 Å². The molecule has 0 radical (unpaired) electrons. The quantitative estimate of drug-likeness (QED) is 0.307. The fraction of sp³-hybridized carbons (Fsp3) is 0.429. The maximum atomic E-state index is 14.2. The zero-order chi connectivity index (χ0) is 26.9. The monoisotopic (exact) mass is 583 g/mol. The van der Waals surface area contributed by atoms with Crippen molar-refractivity contribution in [2.24, 2.45) is 11.8 Å². The highest BCUT2D eigenvalue weighted by molar-refractivity contribution is 9.10. The van der Waals surface area contributed by atoms with E-state index in [0.29, 0.717) is 17.7 Å². The van der Waals surface area contributed by atoms with Crippen LogP contribution in [-0.2, 0) is 0 Å². The molecule has 5 rings (SSSR count). The van der Waals surface area contributed by atoms with Crippen molar-refractivity contribution in [2.45, 2.75) is 38.5 Å². The van der Waals surface area contributed by atoms with Crippen LogP contribution in [0.1, 0.15) is 31.4 Å². The largest absolute Gasteiger partial charge is 0.371 e. The zero-order valence-corrected chi connectivity index (χ0v) is 23.1. The molecule has 4 heterocycles. The van der Waals surface area contributed by atoms with Crippen LogP contribution in [0.3, 0.4) is 0 Å². The number of alkyl halides is 2. The van der Waals surface area contributed by atoms with Crippen molar-refractivity contribution in [2.75, 3.05) is 36.0 Å². The van der Waals surface area contributed by atoms with E-state index in [1.165, 1.54) is 6.08 Å². The molecular formula is C28H32BrF2N7. The number of benzene rings is 1. The van der Waals surface area contributed by atoms with Crippen LogP contribution in [0.4, 0.5) is 20.4 Å². The minimum Gasteiger partial charge on any atom is -0.371 e. The van der Waals surface area contributed by atoms with Crippen LogP contribution in [0.25, 0.3) is 17.1 Å². The number of aromatic nitrogens is 5. The van der Waals surface area contributed by atoms with E-state index in [1.807, 2.05) is 31.3 Å². The van der Waals surface area contributed by atoms with Crippen LogP contribution in [0, 0.1) is 18.8 Å². The van der Waals surface area contributed by atoms with Gasteiger partial charge in [0.2, 0.25) is 5.95 Å². The number of piperidine rings is 2. The lowest BCUT2D eigenvalue weighted by Crippen LogP contribution is -2.47. The van der Waals surface area contributed by atoms with Crippen LogP contribution in [0.15, 0.2) is 60.2 Å². The van der Waals surface area contributed by atoms with Gasteiger partial charge in [-0.3, -0.25) is 0 Å². The first-order valence-electron chi connectivity index (χ1n) is 13.0. The number of hydrogen-bond donors (Lipinski definition) is 0. The Labute approximate surface area is 230 Å². The number of allylic oxidation sites excluding steroid dienone is 1. The summed E-state index contributed by atoms with van der Waals surface area (Å²) in [5.41, 5.74) is 3.58. The van der Waals surface area contributed by atoms with Crippen molar-refractivity contribution in [1.82, 2.24) is 25.0 Å². The Hall–Kier alpha value is -3.14. The van der Waals surface area contributed by atoms with Gasteiger partial charge in [0.05, 0.1) is 12.1 Å². The molecule has 2 aromatic heterocycles. The van der Waals surface area contributed by atoms with Crippen molar-refractivity contribution >= 4 is 27.6 Å². The summed E-state index contributed by atoms with van der Waals surface area (Å²) >= 11 is 3.63. The van der Waals surface area contributed by atoms with E-state index < -0.39 is 11.8 Å². The van der Waals surface area contributed by atoms with Gasteiger partial charge in [0.15, 0.2) is 5.82 Å². The Morgan fingerprint density at radius 1 is 1.11 bits per heavy atom. The summed E-state index contributed by atoms with van der Waals surface area (Å²) in [5.74, 6) is -2.08. The molecule has 2 aliphatic heterocycles. The molecule has 7 nitrogen and oxygen atoms in total. The molecule has 38 heavy (non-hydrogen) atoms. The van der Waals surface area contributed by atoms with Crippen molar-refractivity contribution in [1.29, 1.82) is 0 Å². The summed E-state index contributed by atoms with van der Waals surface area (Å²) in [6.07, 6.45) is 8.25. The van der Waals surface area contributed by atoms with Crippen molar-refractivity contribution < 1.29 is 8.78 Å². The summed E-state index contributed by atoms with van der Waals surface area (Å²) in [4.78, 5) is 13.4. The fourth-order valence-electron chi connectivity index (χ4n) is 5.28. The molecule has 0 amide bonds. The van der Waals surface area contributed by atoms with E-state index in [-0.39, 0.29) is 19.5 Å². The van der Waals surface area contributed by atoms with Gasteiger partial charge in [-0.25, -0.2) is 18.4 Å². The minimum absolute atomic E-state index is 0.119. The van der Waals surface area contributed by atoms with Crippen molar-refractivity contribution in [3.63, 3.8) is 0 Å². The van der Waals surface area contributed by atoms with Gasteiger partial charge in [0.1, 0.15) is 5.69 Å². The predicted octanol–water partition coefficient (Wildman–Crippen LogP) is 6.24. The normalized spacial score (nSPS) is 19.9. The number of anilines is 2. The molecule has 200 valence electrons. The van der Waals surface area contributed by atoms with Crippen LogP contribution >= 0.6 is 15.9 Å². The summed E-state index contributed by atoms with van der Waals surface area (Å²) < 4.78 is 31.1. The first-order valence-corrected chi connectivity index (χ1v) is 13.8. The summed E-state index contributed by atoms with van der Waals surface area (Å²) in [5, 5.41) is 8.85. The van der Waals surface area contributed by atoms with Gasteiger partial charge in [-0.2, -0.15) is 4.98 Å². The van der Waals surface area contributed by atoms with Gasteiger partial charge in [-0.15, -0.1) is 18.3 Å². The molecule has 0 N–H and O–H groups in total. The first kappa shape index (κ1) is 26.5. The average molecular weight is 585 g/mol. The number of hydrogen-bond acceptors (Lipinski definition) is 6. The second-order valence-corrected chi connectivity index (χ2v) is 11.0. The van der Waals surface area contributed by atoms with Gasteiger partial charge in [-0.05, 0) is 50.3 Å². The van der Waals surface area contributed by atoms with E-state index in [0.717, 1.165) is 59.5 Å². The molecule has 0 bridgehead atoms. The van der Waals surface area contributed by atoms with E-state index in [1.54, 1.807) is 9.58 Å². The Balaban J connectivity index is 1.41. The highest BCUT2D eigenvalue weighted by Gasteiger charge is 2.43. The maximum Gasteiger partial charge on any atom is 0.257 e. The molecule has 1 aromatic carbocycles. The summed E-state index contributed by atoms with van der Waals surface area (Å²) in [7, 11) is 0. The van der Waals surface area contributed by atoms with Crippen LogP contribution in [-0.4, -0.2) is 57.1 Å². The van der Waals surface area contributed by atoms with E-state index in [2.05, 4.69) is 66.4 Å². The SMILES string of the molecule is C=CCC1CCN(c2cc(Br)ccc2-c2cn(-c3cc(C)nc(N4CCC(F)(F)C(C=C)C4)n3)nn2)CC1. The lowest BCUT2D eigenvalue weighted by atomic mass is 9.93. The highest BCUT2D eigenvalue weighted by atomic mass is 79.9. The van der Waals surface area contributed by atoms with Crippen LogP contribution < -0.4 is 9.80 Å². The molecule has 2 aliphatic rings. The Kier molecular flexibility index (Phi) is 7.61. The van der Waals surface area contributed by atoms with E-state index in [9.17, 15) is 8.78 Å². The third kappa shape index (κ3) is 5.50. The van der Waals surface area contributed by atoms with Gasteiger partial charge >= 0.3 is 0 Å². The lowest BCUT2D eigenvalue weighted by Gasteiger charge is -2.37. The second-order valence-electron chi connectivity index (χ2n) is 10.1. The van der Waals surface area contributed by atoms with Gasteiger partial charge in [0.25, 0.3) is 5.92 Å². The Morgan fingerprint density at radius 3 is 2.63 bits per heavy atom. The molecule has 0 saturated carbocycles. The molecule has 2 fully saturated rings. The number of rotatable bonds is 7. The highest BCUT2D eigenvalue weighted by Crippen LogP contribution is 2.37. The molecule has 10 heteroatoms. The third-order valence-corrected chi connectivity index (χ3v) is 7.98.